The van der Waals surface area contributed by atoms with Gasteiger partial charge in [0.05, 0.1) is 24.5 Å². The van der Waals surface area contributed by atoms with Crippen LogP contribution in [0.5, 0.6) is 11.5 Å². The van der Waals surface area contributed by atoms with Gasteiger partial charge in [-0.1, -0.05) is 6.07 Å². The van der Waals surface area contributed by atoms with Gasteiger partial charge in [0.15, 0.2) is 29.8 Å². The number of carbonyl (C=O) groups is 4. The van der Waals surface area contributed by atoms with E-state index in [0.717, 1.165) is 18.1 Å². The molecule has 42 heavy (non-hydrogen) atoms. The molecule has 0 amide bonds. The summed E-state index contributed by atoms with van der Waals surface area (Å²) < 4.78 is 62.4. The minimum Gasteiger partial charge on any atom is -0.493 e. The average molecular weight is 600 g/mol. The van der Waals surface area contributed by atoms with E-state index >= 15 is 0 Å². The highest BCUT2D eigenvalue weighted by molar-refractivity contribution is 5.91. The first kappa shape index (κ1) is 29.8. The molecule has 0 unspecified atom stereocenters. The van der Waals surface area contributed by atoms with Crippen LogP contribution in [0.4, 0.5) is 13.2 Å². The zero-order valence-corrected chi connectivity index (χ0v) is 22.7. The molecular weight excluding hydrogens is 571 g/mol. The summed E-state index contributed by atoms with van der Waals surface area (Å²) in [6.45, 7) is 1.46. The number of esters is 4. The van der Waals surface area contributed by atoms with Crippen molar-refractivity contribution in [3.63, 3.8) is 0 Å². The lowest BCUT2D eigenvalue weighted by Crippen LogP contribution is -2.74. The van der Waals surface area contributed by atoms with E-state index in [2.05, 4.69) is 14.4 Å². The minimum absolute atomic E-state index is 0.0223. The monoisotopic (exact) mass is 599 g/mol. The number of nitrogens with zero attached hydrogens (tertiary/aromatic N) is 1. The standard InChI is InChI=1S/C27H28F3NO11/c1-12(22(34)42-24(36)27(28,29)30)39-18(33)11-14(32)23(35)40-16-6-7-26(37)17-10-13-4-5-15(38-3)20-19(13)25(26,21(16)41-20)8-9-31(17)2/h4-6,12,14,17,21,32,37H,7-11H2,1-3H3/t12-,14-,17+,21-,25-,26+/m0/s1. The van der Waals surface area contributed by atoms with Crippen LogP contribution in [0.3, 0.4) is 0 Å². The van der Waals surface area contributed by atoms with Crippen LogP contribution in [0, 0.1) is 0 Å². The van der Waals surface area contributed by atoms with E-state index in [4.69, 9.17) is 14.2 Å². The number of likely N-dealkylation sites (N-methyl/N-ethyl adjacent to an activating group) is 1. The third-order valence-electron chi connectivity index (χ3n) is 8.47. The van der Waals surface area contributed by atoms with E-state index in [-0.39, 0.29) is 18.2 Å². The highest BCUT2D eigenvalue weighted by atomic mass is 19.4. The molecule has 2 N–H and O–H groups in total. The first-order valence-corrected chi connectivity index (χ1v) is 13.1. The molecule has 1 aromatic carbocycles. The van der Waals surface area contributed by atoms with E-state index in [1.807, 2.05) is 13.1 Å². The lowest BCUT2D eigenvalue weighted by molar-refractivity contribution is -0.205. The Kier molecular flexibility index (Phi) is 7.26. The number of carbonyl (C=O) groups excluding carboxylic acids is 4. The number of piperidine rings is 1. The predicted octanol–water partition coefficient (Wildman–Crippen LogP) is 0.831. The molecule has 2 aliphatic heterocycles. The van der Waals surface area contributed by atoms with Gasteiger partial charge in [0.2, 0.25) is 0 Å². The molecule has 2 bridgehead atoms. The maximum Gasteiger partial charge on any atom is 0.491 e. The van der Waals surface area contributed by atoms with Crippen molar-refractivity contribution in [2.45, 2.75) is 74.2 Å². The number of rotatable bonds is 7. The number of hydrogen-bond acceptors (Lipinski definition) is 12. The molecule has 0 saturated carbocycles. The molecule has 0 aromatic heterocycles. The second kappa shape index (κ2) is 10.2. The van der Waals surface area contributed by atoms with E-state index < -0.39 is 65.8 Å². The third kappa shape index (κ3) is 4.50. The predicted molar refractivity (Wildman–Crippen MR) is 131 cm³/mol. The highest BCUT2D eigenvalue weighted by Gasteiger charge is 2.72. The molecular formula is C27H28F3NO11. The zero-order valence-electron chi connectivity index (χ0n) is 22.7. The molecule has 5 rings (SSSR count). The van der Waals surface area contributed by atoms with Gasteiger partial charge in [0.1, 0.15) is 5.76 Å². The van der Waals surface area contributed by atoms with E-state index in [9.17, 15) is 42.6 Å². The molecule has 2 heterocycles. The molecule has 1 spiro atoms. The molecule has 6 atom stereocenters. The molecule has 1 aromatic rings. The fourth-order valence-corrected chi connectivity index (χ4v) is 6.54. The molecule has 0 radical (unpaired) electrons. The van der Waals surface area contributed by atoms with Crippen LogP contribution in [-0.4, -0.2) is 95.8 Å². The molecule has 4 aliphatic rings. The summed E-state index contributed by atoms with van der Waals surface area (Å²) >= 11 is 0. The smallest absolute Gasteiger partial charge is 0.491 e. The molecule has 12 nitrogen and oxygen atoms in total. The number of aliphatic hydroxyl groups is 2. The number of benzene rings is 1. The molecule has 2 aliphatic carbocycles. The van der Waals surface area contributed by atoms with E-state index in [0.29, 0.717) is 30.9 Å². The van der Waals surface area contributed by atoms with Crippen LogP contribution in [0.1, 0.15) is 37.3 Å². The maximum atomic E-state index is 12.8. The van der Waals surface area contributed by atoms with Crippen LogP contribution >= 0.6 is 0 Å². The van der Waals surface area contributed by atoms with Gasteiger partial charge in [-0.3, -0.25) is 4.79 Å². The number of hydrogen-bond donors (Lipinski definition) is 2. The highest BCUT2D eigenvalue weighted by Crippen LogP contribution is 2.65. The number of alkyl halides is 3. The average Bonchev–Trinajstić information content (AvgIpc) is 3.27. The summed E-state index contributed by atoms with van der Waals surface area (Å²) in [7, 11) is 3.41. The SMILES string of the molecule is COc1ccc2c3c1O[C@H]1C(OC(=O)[C@@H](O)CC(=O)O[C@@H](C)C(=O)OC(=O)C(F)(F)F)=CC[C@@]4(O)[C@@H](C2)N(C)CC[C@]314. The number of likely N-dealkylation sites (tertiary alicyclic amines) is 1. The molecule has 1 fully saturated rings. The minimum atomic E-state index is -5.44. The first-order chi connectivity index (χ1) is 19.6. The lowest BCUT2D eigenvalue weighted by Gasteiger charge is -2.61. The largest absolute Gasteiger partial charge is 0.493 e. The van der Waals surface area contributed by atoms with Crippen LogP contribution in [0.25, 0.3) is 0 Å². The Bertz CT molecular complexity index is 1380. The fraction of sp³-hybridized carbons (Fsp3) is 0.556. The third-order valence-corrected chi connectivity index (χ3v) is 8.47. The fourth-order valence-electron chi connectivity index (χ4n) is 6.54. The summed E-state index contributed by atoms with van der Waals surface area (Å²) in [5.74, 6) is -6.31. The van der Waals surface area contributed by atoms with E-state index in [1.54, 1.807) is 6.07 Å². The Balaban J connectivity index is 1.30. The summed E-state index contributed by atoms with van der Waals surface area (Å²) in [6, 6.07) is 3.44. The van der Waals surface area contributed by atoms with Crippen molar-refractivity contribution in [2.75, 3.05) is 20.7 Å². The van der Waals surface area contributed by atoms with Gasteiger partial charge in [-0.2, -0.15) is 13.2 Å². The van der Waals surface area contributed by atoms with Gasteiger partial charge in [0, 0.05) is 18.0 Å². The zero-order chi connectivity index (χ0) is 30.8. The maximum absolute atomic E-state index is 12.8. The summed E-state index contributed by atoms with van der Waals surface area (Å²) in [5.41, 5.74) is -0.505. The lowest BCUT2D eigenvalue weighted by atomic mass is 9.50. The number of halogens is 3. The van der Waals surface area contributed by atoms with Crippen molar-refractivity contribution in [2.24, 2.45) is 0 Å². The molecule has 228 valence electrons. The number of ether oxygens (including phenoxy) is 5. The Morgan fingerprint density at radius 1 is 1.21 bits per heavy atom. The van der Waals surface area contributed by atoms with Crippen molar-refractivity contribution in [1.29, 1.82) is 0 Å². The summed E-state index contributed by atoms with van der Waals surface area (Å²) in [4.78, 5) is 49.5. The second-order valence-electron chi connectivity index (χ2n) is 10.8. The second-order valence-corrected chi connectivity index (χ2v) is 10.8. The topological polar surface area (TPSA) is 158 Å². The van der Waals surface area contributed by atoms with Crippen LogP contribution in [0.15, 0.2) is 24.0 Å². The Labute approximate surface area is 236 Å². The summed E-state index contributed by atoms with van der Waals surface area (Å²) in [6.07, 6.45) is -8.81. The summed E-state index contributed by atoms with van der Waals surface area (Å²) in [5, 5.41) is 22.5. The number of methoxy groups -OCH3 is 1. The Hall–Kier alpha value is -3.69. The van der Waals surface area contributed by atoms with Gasteiger partial charge in [-0.25, -0.2) is 14.4 Å². The van der Waals surface area contributed by atoms with Crippen molar-refractivity contribution >= 4 is 23.9 Å². The molecule has 15 heteroatoms. The van der Waals surface area contributed by atoms with Crippen LogP contribution < -0.4 is 9.47 Å². The van der Waals surface area contributed by atoms with Crippen molar-refractivity contribution in [3.05, 3.63) is 35.1 Å². The van der Waals surface area contributed by atoms with Crippen molar-refractivity contribution in [3.8, 4) is 11.5 Å². The van der Waals surface area contributed by atoms with Crippen molar-refractivity contribution in [1.82, 2.24) is 4.90 Å². The van der Waals surface area contributed by atoms with Gasteiger partial charge in [-0.15, -0.1) is 0 Å². The molecule has 1 saturated heterocycles. The van der Waals surface area contributed by atoms with Gasteiger partial charge < -0.3 is 38.8 Å². The van der Waals surface area contributed by atoms with Crippen LogP contribution in [0.2, 0.25) is 0 Å². The number of aliphatic hydroxyl groups excluding tert-OH is 1. The Morgan fingerprint density at radius 2 is 1.93 bits per heavy atom. The normalized spacial score (nSPS) is 28.8. The van der Waals surface area contributed by atoms with Crippen molar-refractivity contribution < 1.29 is 66.2 Å². The van der Waals surface area contributed by atoms with Gasteiger partial charge in [-0.05, 0) is 51.1 Å². The van der Waals surface area contributed by atoms with Crippen LogP contribution in [-0.2, 0) is 45.2 Å². The van der Waals surface area contributed by atoms with Gasteiger partial charge >= 0.3 is 30.1 Å². The van der Waals surface area contributed by atoms with Gasteiger partial charge in [0.25, 0.3) is 0 Å². The quantitative estimate of drug-likeness (QED) is 0.259. The Morgan fingerprint density at radius 3 is 2.60 bits per heavy atom. The first-order valence-electron chi connectivity index (χ1n) is 13.1. The van der Waals surface area contributed by atoms with E-state index in [1.165, 1.54) is 13.2 Å².